The van der Waals surface area contributed by atoms with E-state index < -0.39 is 0 Å². The number of hydrogen-bond acceptors (Lipinski definition) is 2. The van der Waals surface area contributed by atoms with Crippen molar-refractivity contribution >= 4 is 21.6 Å². The van der Waals surface area contributed by atoms with Gasteiger partial charge in [0.2, 0.25) is 5.01 Å². The number of nitrogens with zero attached hydrogens (tertiary/aromatic N) is 1. The number of fused-ring (bicyclic) bond motifs is 1. The lowest BCUT2D eigenvalue weighted by atomic mass is 10.3. The molecule has 0 spiro atoms. The third-order valence-electron chi connectivity index (χ3n) is 2.41. The summed E-state index contributed by atoms with van der Waals surface area (Å²) in [5.41, 5.74) is 1.22. The molecule has 1 aromatic heterocycles. The van der Waals surface area contributed by atoms with Crippen LogP contribution in [0.1, 0.15) is 11.9 Å². The molecule has 0 amide bonds. The number of para-hydroxylation sites is 1. The van der Waals surface area contributed by atoms with Gasteiger partial charge in [-0.25, -0.2) is 0 Å². The fourth-order valence-electron chi connectivity index (χ4n) is 1.77. The molecule has 0 fully saturated rings. The Hall–Kier alpha value is -0.360. The van der Waals surface area contributed by atoms with Crippen molar-refractivity contribution in [1.82, 2.24) is 0 Å². The number of ether oxygens (including phenoxy) is 1. The van der Waals surface area contributed by atoms with Crippen LogP contribution in [0.2, 0.25) is 0 Å². The Morgan fingerprint density at radius 1 is 1.40 bits per heavy atom. The van der Waals surface area contributed by atoms with Crippen molar-refractivity contribution in [2.75, 3.05) is 7.11 Å². The van der Waals surface area contributed by atoms with Gasteiger partial charge in [-0.15, -0.1) is 0 Å². The Kier molecular flexibility index (Phi) is 4.33. The average molecular weight is 335 g/mol. The third kappa shape index (κ3) is 2.10. The first kappa shape index (κ1) is 12.7. The van der Waals surface area contributed by atoms with Gasteiger partial charge >= 0.3 is 0 Å². The van der Waals surface area contributed by atoms with Gasteiger partial charge in [0.05, 0.1) is 7.11 Å². The molecular formula is C11H14INOS. The van der Waals surface area contributed by atoms with Crippen molar-refractivity contribution in [3.05, 3.63) is 23.2 Å². The number of benzene rings is 1. The van der Waals surface area contributed by atoms with E-state index in [1.54, 1.807) is 7.11 Å². The third-order valence-corrected chi connectivity index (χ3v) is 3.47. The molecule has 0 aliphatic carbocycles. The van der Waals surface area contributed by atoms with Gasteiger partial charge in [0, 0.05) is 6.92 Å². The molecule has 15 heavy (non-hydrogen) atoms. The number of methoxy groups -OCH3 is 1. The van der Waals surface area contributed by atoms with Crippen LogP contribution < -0.4 is 33.3 Å². The zero-order valence-electron chi connectivity index (χ0n) is 9.08. The summed E-state index contributed by atoms with van der Waals surface area (Å²) in [4.78, 5) is 0. The highest BCUT2D eigenvalue weighted by molar-refractivity contribution is 7.18. The van der Waals surface area contributed by atoms with Crippen LogP contribution in [-0.4, -0.2) is 7.11 Å². The molecule has 2 rings (SSSR count). The second-order valence-electron chi connectivity index (χ2n) is 3.17. The van der Waals surface area contributed by atoms with Crippen molar-refractivity contribution in [2.24, 2.45) is 0 Å². The van der Waals surface area contributed by atoms with Crippen molar-refractivity contribution in [2.45, 2.75) is 20.4 Å². The molecule has 1 aromatic carbocycles. The summed E-state index contributed by atoms with van der Waals surface area (Å²) in [6.45, 7) is 5.30. The van der Waals surface area contributed by atoms with Crippen molar-refractivity contribution < 1.29 is 33.3 Å². The second kappa shape index (κ2) is 5.12. The maximum atomic E-state index is 5.37. The van der Waals surface area contributed by atoms with Crippen LogP contribution in [0.3, 0.4) is 0 Å². The summed E-state index contributed by atoms with van der Waals surface area (Å²) >= 11 is 1.82. The highest BCUT2D eigenvalue weighted by Gasteiger charge is 2.19. The number of rotatable bonds is 2. The first-order valence-electron chi connectivity index (χ1n) is 4.74. The Morgan fingerprint density at radius 2 is 2.13 bits per heavy atom. The van der Waals surface area contributed by atoms with Crippen LogP contribution in [0.15, 0.2) is 18.2 Å². The van der Waals surface area contributed by atoms with Gasteiger partial charge in [-0.3, -0.25) is 0 Å². The zero-order valence-corrected chi connectivity index (χ0v) is 12.1. The Labute approximate surface area is 111 Å². The van der Waals surface area contributed by atoms with Gasteiger partial charge in [-0.2, -0.15) is 4.57 Å². The Bertz CT molecular complexity index is 467. The molecule has 2 nitrogen and oxygen atoms in total. The summed E-state index contributed by atoms with van der Waals surface area (Å²) in [6.07, 6.45) is 0. The van der Waals surface area contributed by atoms with E-state index in [0.29, 0.717) is 0 Å². The molecule has 82 valence electrons. The minimum absolute atomic E-state index is 0. The van der Waals surface area contributed by atoms with Crippen LogP contribution in [0.25, 0.3) is 10.2 Å². The zero-order chi connectivity index (χ0) is 10.1. The predicted octanol–water partition coefficient (Wildman–Crippen LogP) is -0.470. The van der Waals surface area contributed by atoms with Crippen molar-refractivity contribution in [3.63, 3.8) is 0 Å². The van der Waals surface area contributed by atoms with Gasteiger partial charge in [-0.05, 0) is 19.1 Å². The normalized spacial score (nSPS) is 10.1. The average Bonchev–Trinajstić information content (AvgIpc) is 2.52. The molecule has 0 saturated heterocycles. The standard InChI is InChI=1S/C11H14NOS.HI/c1-4-12-8(2)14-10-7-5-6-9(13-3)11(10)12;/h5-7H,4H2,1-3H3;1H/q+1;/p-1. The van der Waals surface area contributed by atoms with Crippen LogP contribution in [0.4, 0.5) is 0 Å². The molecule has 1 heterocycles. The van der Waals surface area contributed by atoms with E-state index in [-0.39, 0.29) is 24.0 Å². The summed E-state index contributed by atoms with van der Waals surface area (Å²) in [5, 5.41) is 1.33. The summed E-state index contributed by atoms with van der Waals surface area (Å²) in [6, 6.07) is 6.19. The smallest absolute Gasteiger partial charge is 0.266 e. The van der Waals surface area contributed by atoms with Gasteiger partial charge in [0.25, 0.3) is 5.52 Å². The molecule has 0 aliphatic rings. The minimum Gasteiger partial charge on any atom is -1.00 e. The summed E-state index contributed by atoms with van der Waals surface area (Å²) in [7, 11) is 1.72. The van der Waals surface area contributed by atoms with E-state index in [4.69, 9.17) is 4.74 Å². The molecule has 0 radical (unpaired) electrons. The van der Waals surface area contributed by atoms with E-state index in [0.717, 1.165) is 12.3 Å². The first-order valence-corrected chi connectivity index (χ1v) is 5.55. The maximum absolute atomic E-state index is 5.37. The molecule has 0 bridgehead atoms. The van der Waals surface area contributed by atoms with E-state index in [1.807, 2.05) is 23.5 Å². The lowest BCUT2D eigenvalue weighted by Gasteiger charge is -1.98. The monoisotopic (exact) mass is 335 g/mol. The fraction of sp³-hybridized carbons (Fsp3) is 0.364. The minimum atomic E-state index is 0. The highest BCUT2D eigenvalue weighted by Crippen LogP contribution is 2.27. The van der Waals surface area contributed by atoms with Crippen LogP contribution >= 0.6 is 11.3 Å². The van der Waals surface area contributed by atoms with E-state index in [9.17, 15) is 0 Å². The van der Waals surface area contributed by atoms with Gasteiger partial charge in [0.1, 0.15) is 11.2 Å². The lowest BCUT2D eigenvalue weighted by Crippen LogP contribution is -3.00. The van der Waals surface area contributed by atoms with Crippen LogP contribution in [0.5, 0.6) is 5.75 Å². The Morgan fingerprint density at radius 3 is 2.73 bits per heavy atom. The van der Waals surface area contributed by atoms with Crippen molar-refractivity contribution in [1.29, 1.82) is 0 Å². The SMILES string of the molecule is CC[n+]1c(C)sc2cccc(OC)c21.[I-]. The Balaban J connectivity index is 0.00000112. The molecule has 0 aliphatic heterocycles. The molecule has 2 aromatic rings. The molecular weight excluding hydrogens is 321 g/mol. The van der Waals surface area contributed by atoms with E-state index in [1.165, 1.54) is 15.2 Å². The maximum Gasteiger partial charge on any atom is 0.266 e. The summed E-state index contributed by atoms with van der Waals surface area (Å²) in [5.74, 6) is 0.966. The highest BCUT2D eigenvalue weighted by atomic mass is 127. The largest absolute Gasteiger partial charge is 1.00 e. The predicted molar refractivity (Wildman–Crippen MR) is 59.0 cm³/mol. The topological polar surface area (TPSA) is 13.1 Å². The number of aromatic nitrogens is 1. The van der Waals surface area contributed by atoms with Gasteiger partial charge in [0.15, 0.2) is 5.75 Å². The van der Waals surface area contributed by atoms with E-state index >= 15 is 0 Å². The van der Waals surface area contributed by atoms with Crippen LogP contribution in [-0.2, 0) is 6.54 Å². The van der Waals surface area contributed by atoms with Gasteiger partial charge < -0.3 is 28.7 Å². The number of thiazole rings is 1. The lowest BCUT2D eigenvalue weighted by molar-refractivity contribution is -0.669. The molecule has 0 unspecified atom stereocenters. The van der Waals surface area contributed by atoms with Crippen molar-refractivity contribution in [3.8, 4) is 5.75 Å². The quantitative estimate of drug-likeness (QED) is 0.534. The van der Waals surface area contributed by atoms with Gasteiger partial charge in [-0.1, -0.05) is 17.4 Å². The molecule has 0 N–H and O–H groups in total. The number of aryl methyl sites for hydroxylation is 2. The van der Waals surface area contributed by atoms with Crippen LogP contribution in [0, 0.1) is 6.92 Å². The first-order chi connectivity index (χ1) is 6.77. The van der Waals surface area contributed by atoms with E-state index in [2.05, 4.69) is 24.5 Å². The second-order valence-corrected chi connectivity index (χ2v) is 4.41. The fourth-order valence-corrected chi connectivity index (χ4v) is 2.87. The summed E-state index contributed by atoms with van der Waals surface area (Å²) < 4.78 is 8.95. The molecule has 0 atom stereocenters. The number of halogens is 1. The molecule has 0 saturated carbocycles. The molecule has 4 heteroatoms. The number of hydrogen-bond donors (Lipinski definition) is 0.